The molecule has 0 radical (unpaired) electrons. The molecule has 1 aliphatic heterocycles. The first-order chi connectivity index (χ1) is 11.4. The fourth-order valence-corrected chi connectivity index (χ4v) is 3.61. The van der Waals surface area contributed by atoms with Gasteiger partial charge in [-0.15, -0.1) is 13.2 Å². The summed E-state index contributed by atoms with van der Waals surface area (Å²) in [4.78, 5) is 12.5. The highest BCUT2D eigenvalue weighted by Gasteiger charge is 2.40. The number of rotatable bonds is 3. The third-order valence-corrected chi connectivity index (χ3v) is 4.66. The van der Waals surface area contributed by atoms with Crippen LogP contribution in [0.25, 0.3) is 10.9 Å². The van der Waals surface area contributed by atoms with E-state index in [-0.39, 0.29) is 30.8 Å². The molecule has 6 nitrogen and oxygen atoms in total. The Labute approximate surface area is 142 Å². The number of ether oxygens (including phenoxy) is 1. The van der Waals surface area contributed by atoms with Gasteiger partial charge in [-0.1, -0.05) is 7.43 Å². The molecule has 3 atom stereocenters. The molecule has 2 bridgehead atoms. The number of aromatic nitrogens is 2. The number of nitrogens with zero attached hydrogens (tertiary/aromatic N) is 1. The van der Waals surface area contributed by atoms with Gasteiger partial charge in [-0.3, -0.25) is 9.89 Å². The van der Waals surface area contributed by atoms with Crippen molar-refractivity contribution < 1.29 is 22.7 Å². The van der Waals surface area contributed by atoms with Crippen molar-refractivity contribution in [1.29, 1.82) is 0 Å². The fourth-order valence-electron chi connectivity index (χ4n) is 3.61. The minimum atomic E-state index is -4.78. The highest BCUT2D eigenvalue weighted by Crippen LogP contribution is 2.32. The number of halogens is 3. The number of hydrogen-bond acceptors (Lipinski definition) is 4. The van der Waals surface area contributed by atoms with Gasteiger partial charge in [0.05, 0.1) is 5.52 Å². The van der Waals surface area contributed by atoms with Gasteiger partial charge >= 0.3 is 6.36 Å². The quantitative estimate of drug-likeness (QED) is 0.790. The van der Waals surface area contributed by atoms with Gasteiger partial charge in [0.15, 0.2) is 5.69 Å². The zero-order valence-electron chi connectivity index (χ0n) is 12.5. The van der Waals surface area contributed by atoms with E-state index in [1.165, 1.54) is 18.2 Å². The van der Waals surface area contributed by atoms with E-state index in [0.29, 0.717) is 22.9 Å². The first-order valence-electron chi connectivity index (χ1n) is 7.67. The number of alkyl halides is 3. The normalized spacial score (nSPS) is 25.0. The number of H-pyrrole nitrogens is 1. The van der Waals surface area contributed by atoms with E-state index in [4.69, 9.17) is 0 Å². The summed E-state index contributed by atoms with van der Waals surface area (Å²) < 4.78 is 41.0. The van der Waals surface area contributed by atoms with Crippen molar-refractivity contribution in [3.05, 3.63) is 23.9 Å². The van der Waals surface area contributed by atoms with Crippen LogP contribution in [0.5, 0.6) is 5.75 Å². The van der Waals surface area contributed by atoms with Crippen LogP contribution in [0.1, 0.15) is 30.8 Å². The molecule has 0 unspecified atom stereocenters. The maximum absolute atomic E-state index is 12.5. The first-order valence-corrected chi connectivity index (χ1v) is 7.67. The monoisotopic (exact) mass is 356 g/mol. The van der Waals surface area contributed by atoms with Crippen molar-refractivity contribution in [3.8, 4) is 5.75 Å². The predicted molar refractivity (Wildman–Crippen MR) is 85.3 cm³/mol. The Morgan fingerprint density at radius 3 is 2.76 bits per heavy atom. The molecular formula is C16H19F3N4O2. The summed E-state index contributed by atoms with van der Waals surface area (Å²) >= 11 is 0. The number of nitrogens with one attached hydrogen (secondary N) is 3. The van der Waals surface area contributed by atoms with Gasteiger partial charge in [-0.05, 0) is 37.0 Å². The maximum atomic E-state index is 12.5. The Morgan fingerprint density at radius 1 is 1.32 bits per heavy atom. The van der Waals surface area contributed by atoms with Crippen molar-refractivity contribution in [3.63, 3.8) is 0 Å². The van der Waals surface area contributed by atoms with Crippen LogP contribution in [0.2, 0.25) is 0 Å². The van der Waals surface area contributed by atoms with Crippen LogP contribution in [-0.2, 0) is 0 Å². The summed E-state index contributed by atoms with van der Waals surface area (Å²) in [5.74, 6) is -0.370. The smallest absolute Gasteiger partial charge is 0.406 e. The van der Waals surface area contributed by atoms with Gasteiger partial charge in [-0.2, -0.15) is 5.10 Å². The summed E-state index contributed by atoms with van der Waals surface area (Å²) in [7, 11) is 0. The molecule has 1 aromatic heterocycles. The summed E-state index contributed by atoms with van der Waals surface area (Å²) in [6, 6.07) is 4.26. The van der Waals surface area contributed by atoms with Crippen LogP contribution in [0.15, 0.2) is 18.2 Å². The van der Waals surface area contributed by atoms with Gasteiger partial charge in [-0.25, -0.2) is 0 Å². The average Bonchev–Trinajstić information content (AvgIpc) is 3.19. The molecule has 4 rings (SSSR count). The molecule has 1 amide bonds. The topological polar surface area (TPSA) is 79.0 Å². The number of amides is 1. The van der Waals surface area contributed by atoms with Crippen LogP contribution in [-0.4, -0.2) is 41.1 Å². The van der Waals surface area contributed by atoms with Crippen LogP contribution < -0.4 is 15.4 Å². The van der Waals surface area contributed by atoms with Gasteiger partial charge in [0.2, 0.25) is 0 Å². The summed E-state index contributed by atoms with van der Waals surface area (Å²) in [6.07, 6.45) is -2.88. The Morgan fingerprint density at radius 2 is 2.12 bits per heavy atom. The van der Waals surface area contributed by atoms with Crippen LogP contribution in [0.3, 0.4) is 0 Å². The standard InChI is InChI=1S/C15H15F3N4O2.CH4/c16-15(17,18)24-9-1-2-11-10(5-9)13(22-21-11)14(23)20-12-4-8-3-7(12)6-19-8;/h1-2,5,7-8,12,19H,3-4,6H2,(H,20,23)(H,21,22);1H4/t7-,8-,12+;/m0./s1. The molecule has 2 aromatic rings. The minimum absolute atomic E-state index is 0. The lowest BCUT2D eigenvalue weighted by molar-refractivity contribution is -0.274. The number of aromatic amines is 1. The van der Waals surface area contributed by atoms with Crippen molar-refractivity contribution >= 4 is 16.8 Å². The Balaban J connectivity index is 0.00000182. The number of carbonyl (C=O) groups is 1. The molecule has 1 aliphatic carbocycles. The fraction of sp³-hybridized carbons (Fsp3) is 0.500. The summed E-state index contributed by atoms with van der Waals surface area (Å²) in [5, 5.41) is 13.2. The second kappa shape index (κ2) is 6.21. The van der Waals surface area contributed by atoms with E-state index in [0.717, 1.165) is 19.4 Å². The highest BCUT2D eigenvalue weighted by atomic mass is 19.4. The maximum Gasteiger partial charge on any atom is 0.573 e. The molecule has 2 heterocycles. The zero-order chi connectivity index (χ0) is 16.9. The number of carbonyl (C=O) groups excluding carboxylic acids is 1. The number of piperidine rings is 1. The Kier molecular flexibility index (Phi) is 4.36. The lowest BCUT2D eigenvalue weighted by atomic mass is 10.0. The number of benzene rings is 1. The molecule has 9 heteroatoms. The van der Waals surface area contributed by atoms with Crippen LogP contribution in [0.4, 0.5) is 13.2 Å². The van der Waals surface area contributed by atoms with E-state index in [1.807, 2.05) is 0 Å². The molecule has 1 aromatic carbocycles. The third-order valence-electron chi connectivity index (χ3n) is 4.66. The van der Waals surface area contributed by atoms with Gasteiger partial charge in [0.25, 0.3) is 5.91 Å². The van der Waals surface area contributed by atoms with E-state index in [2.05, 4.69) is 25.6 Å². The zero-order valence-corrected chi connectivity index (χ0v) is 12.5. The second-order valence-corrected chi connectivity index (χ2v) is 6.24. The van der Waals surface area contributed by atoms with Crippen molar-refractivity contribution in [2.75, 3.05) is 6.54 Å². The van der Waals surface area contributed by atoms with E-state index < -0.39 is 6.36 Å². The lowest BCUT2D eigenvalue weighted by Gasteiger charge is -2.23. The SMILES string of the molecule is C.O=C(N[C@@H]1C[C@@H]2C[C@H]1CN2)c1n[nH]c2ccc(OC(F)(F)F)cc12. The van der Waals surface area contributed by atoms with Crippen molar-refractivity contribution in [1.82, 2.24) is 20.8 Å². The Bertz CT molecular complexity index is 789. The van der Waals surface area contributed by atoms with E-state index in [9.17, 15) is 18.0 Å². The first kappa shape index (κ1) is 17.5. The second-order valence-electron chi connectivity index (χ2n) is 6.24. The van der Waals surface area contributed by atoms with E-state index in [1.54, 1.807) is 0 Å². The largest absolute Gasteiger partial charge is 0.573 e. The van der Waals surface area contributed by atoms with E-state index >= 15 is 0 Å². The summed E-state index contributed by atoms with van der Waals surface area (Å²) in [6.45, 7) is 0.875. The highest BCUT2D eigenvalue weighted by molar-refractivity contribution is 6.05. The predicted octanol–water partition coefficient (Wildman–Crippen LogP) is 2.58. The molecule has 3 N–H and O–H groups in total. The van der Waals surface area contributed by atoms with Gasteiger partial charge in [0, 0.05) is 24.0 Å². The molecule has 1 saturated heterocycles. The van der Waals surface area contributed by atoms with Gasteiger partial charge < -0.3 is 15.4 Å². The average molecular weight is 356 g/mol. The number of fused-ring (bicyclic) bond motifs is 3. The molecule has 136 valence electrons. The molecule has 2 fully saturated rings. The molecule has 1 saturated carbocycles. The van der Waals surface area contributed by atoms with Crippen molar-refractivity contribution in [2.24, 2.45) is 5.92 Å². The van der Waals surface area contributed by atoms with Crippen LogP contribution >= 0.6 is 0 Å². The Hall–Kier alpha value is -2.29. The van der Waals surface area contributed by atoms with Crippen molar-refractivity contribution in [2.45, 2.75) is 38.7 Å². The molecule has 25 heavy (non-hydrogen) atoms. The van der Waals surface area contributed by atoms with Gasteiger partial charge in [0.1, 0.15) is 5.75 Å². The summed E-state index contributed by atoms with van der Waals surface area (Å²) in [5.41, 5.74) is 0.553. The lowest BCUT2D eigenvalue weighted by Crippen LogP contribution is -2.44. The molecular weight excluding hydrogens is 337 g/mol. The van der Waals surface area contributed by atoms with Crippen LogP contribution in [0, 0.1) is 5.92 Å². The molecule has 0 spiro atoms. The number of hydrogen-bond donors (Lipinski definition) is 3. The minimum Gasteiger partial charge on any atom is -0.406 e. The molecule has 2 aliphatic rings. The third kappa shape index (κ3) is 3.41.